The fourth-order valence-electron chi connectivity index (χ4n) is 4.11. The van der Waals surface area contributed by atoms with Gasteiger partial charge in [0.25, 0.3) is 0 Å². The van der Waals surface area contributed by atoms with E-state index in [1.54, 1.807) is 43.1 Å². The van der Waals surface area contributed by atoms with E-state index in [0.717, 1.165) is 12.5 Å². The van der Waals surface area contributed by atoms with E-state index in [2.05, 4.69) is 35.2 Å². The van der Waals surface area contributed by atoms with Crippen LogP contribution >= 0.6 is 0 Å². The number of hydrogen-bond donors (Lipinski definition) is 2. The van der Waals surface area contributed by atoms with Crippen molar-refractivity contribution in [2.75, 3.05) is 43.9 Å². The van der Waals surface area contributed by atoms with Gasteiger partial charge in [0, 0.05) is 27.2 Å². The number of aromatic nitrogens is 3. The van der Waals surface area contributed by atoms with Crippen molar-refractivity contribution in [2.45, 2.75) is 52.0 Å². The first-order chi connectivity index (χ1) is 18.4. The van der Waals surface area contributed by atoms with Crippen LogP contribution in [0.1, 0.15) is 19.1 Å². The number of rotatable bonds is 15. The van der Waals surface area contributed by atoms with E-state index in [4.69, 9.17) is 19.6 Å². The first-order valence-electron chi connectivity index (χ1n) is 13.1. The van der Waals surface area contributed by atoms with Crippen LogP contribution in [-0.2, 0) is 10.0 Å². The van der Waals surface area contributed by atoms with Crippen LogP contribution in [-0.4, -0.2) is 76.9 Å². The van der Waals surface area contributed by atoms with E-state index in [1.807, 2.05) is 19.9 Å². The molecule has 3 rings (SSSR count). The fraction of sp³-hybridized carbons (Fsp3) is 0.538. The van der Waals surface area contributed by atoms with Gasteiger partial charge in [-0.2, -0.15) is 0 Å². The summed E-state index contributed by atoms with van der Waals surface area (Å²) in [6.07, 6.45) is 0.757. The Balaban J connectivity index is 2.20. The van der Waals surface area contributed by atoms with E-state index >= 15 is 0 Å². The number of sulfonamides is 1. The van der Waals surface area contributed by atoms with Gasteiger partial charge in [-0.3, -0.25) is 4.57 Å². The van der Waals surface area contributed by atoms with Gasteiger partial charge in [-0.25, -0.2) is 12.7 Å². The Labute approximate surface area is 232 Å². The van der Waals surface area contributed by atoms with Gasteiger partial charge in [0.2, 0.25) is 21.8 Å². The predicted octanol–water partition coefficient (Wildman–Crippen LogP) is 3.65. The molecule has 0 radical (unpaired) electrons. The molecule has 3 aromatic rings. The maximum absolute atomic E-state index is 13.9. The molecule has 2 heterocycles. The van der Waals surface area contributed by atoms with Crippen molar-refractivity contribution in [3.8, 4) is 28.8 Å². The topological polar surface area (TPSA) is 138 Å². The predicted molar refractivity (Wildman–Crippen MR) is 157 cm³/mol. The molecular formula is C26H42N6O5SSi. The lowest BCUT2D eigenvalue weighted by atomic mass is 10.2. The summed E-state index contributed by atoms with van der Waals surface area (Å²) in [5, 5.41) is 12.1. The van der Waals surface area contributed by atoms with Crippen LogP contribution in [0.3, 0.4) is 0 Å². The lowest BCUT2D eigenvalue weighted by Crippen LogP contribution is -2.42. The Morgan fingerprint density at radius 2 is 1.79 bits per heavy atom. The summed E-state index contributed by atoms with van der Waals surface area (Å²) in [4.78, 5) is 0. The molecule has 0 amide bonds. The van der Waals surface area contributed by atoms with Crippen LogP contribution in [0, 0.1) is 6.92 Å². The average Bonchev–Trinajstić information content (AvgIpc) is 3.48. The third kappa shape index (κ3) is 7.62. The summed E-state index contributed by atoms with van der Waals surface area (Å²) in [7, 11) is -2.36. The summed E-state index contributed by atoms with van der Waals surface area (Å²) < 4.78 is 48.2. The van der Waals surface area contributed by atoms with Gasteiger partial charge in [-0.15, -0.1) is 10.2 Å². The molecule has 3 N–H and O–H groups in total. The number of aryl methyl sites for hydroxylation is 1. The first-order valence-corrected chi connectivity index (χ1v) is 18.4. The molecule has 13 heteroatoms. The summed E-state index contributed by atoms with van der Waals surface area (Å²) in [6, 6.07) is 9.80. The second-order valence-electron chi connectivity index (χ2n) is 10.7. The van der Waals surface area contributed by atoms with E-state index in [9.17, 15) is 8.42 Å². The number of hydrogen-bond acceptors (Lipinski definition) is 9. The molecule has 0 aliphatic carbocycles. The van der Waals surface area contributed by atoms with Crippen molar-refractivity contribution in [3.63, 3.8) is 0 Å². The monoisotopic (exact) mass is 578 g/mol. The van der Waals surface area contributed by atoms with Gasteiger partial charge >= 0.3 is 0 Å². The van der Waals surface area contributed by atoms with Crippen LogP contribution in [0.2, 0.25) is 25.7 Å². The van der Waals surface area contributed by atoms with Crippen LogP contribution in [0.4, 0.5) is 5.95 Å². The number of ether oxygens (including phenoxy) is 2. The minimum atomic E-state index is -3.82. The molecule has 0 saturated heterocycles. The Kier molecular flexibility index (Phi) is 10.2. The average molecular weight is 579 g/mol. The number of furan rings is 1. The number of para-hydroxylation sites is 1. The van der Waals surface area contributed by atoms with E-state index in [0.29, 0.717) is 41.1 Å². The van der Waals surface area contributed by atoms with Crippen molar-refractivity contribution < 1.29 is 22.3 Å². The summed E-state index contributed by atoms with van der Waals surface area (Å²) in [5.41, 5.74) is 6.13. The van der Waals surface area contributed by atoms with Gasteiger partial charge in [-0.1, -0.05) is 25.7 Å². The summed E-state index contributed by atoms with van der Waals surface area (Å²) >= 11 is 0. The van der Waals surface area contributed by atoms with Gasteiger partial charge < -0.3 is 24.9 Å². The Hall–Kier alpha value is -2.87. The van der Waals surface area contributed by atoms with E-state index in [-0.39, 0.29) is 30.8 Å². The first kappa shape index (κ1) is 30.7. The molecule has 11 nitrogen and oxygen atoms in total. The lowest BCUT2D eigenvalue weighted by Gasteiger charge is -2.28. The molecular weight excluding hydrogens is 536 g/mol. The maximum Gasteiger partial charge on any atom is 0.246 e. The Bertz CT molecular complexity index is 1310. The van der Waals surface area contributed by atoms with Crippen molar-refractivity contribution >= 4 is 24.0 Å². The maximum atomic E-state index is 13.9. The highest BCUT2D eigenvalue weighted by Gasteiger charge is 2.33. The molecule has 0 unspecified atom stereocenters. The molecule has 2 aromatic heterocycles. The molecule has 0 aliphatic heterocycles. The Morgan fingerprint density at radius 1 is 1.13 bits per heavy atom. The van der Waals surface area contributed by atoms with Gasteiger partial charge in [-0.05, 0) is 57.1 Å². The number of anilines is 1. The lowest BCUT2D eigenvalue weighted by molar-refractivity contribution is 0.391. The zero-order chi connectivity index (χ0) is 28.8. The van der Waals surface area contributed by atoms with Crippen LogP contribution in [0.5, 0.6) is 11.5 Å². The molecule has 0 aliphatic rings. The molecule has 216 valence electrons. The standard InChI is InChI=1S/C26H42N6O5SSi/c1-19(13-14-27)28-15-17-38(33,34)31(16-18-39(5,6)7)26-30-29-25(23-12-11-20(2)37-23)32(26)24-21(35-3)9-8-10-22(24)36-4/h8-12,19,28H,13-18,27H2,1-7H3/t19-/m1/s1. The zero-order valence-electron chi connectivity index (χ0n) is 24.0. The van der Waals surface area contributed by atoms with Gasteiger partial charge in [0.15, 0.2) is 5.76 Å². The van der Waals surface area contributed by atoms with Crippen molar-refractivity contribution in [2.24, 2.45) is 5.73 Å². The van der Waals surface area contributed by atoms with E-state index in [1.165, 1.54) is 4.31 Å². The number of benzene rings is 1. The largest absolute Gasteiger partial charge is 0.494 e. The molecule has 39 heavy (non-hydrogen) atoms. The normalized spacial score (nSPS) is 12.9. The highest BCUT2D eigenvalue weighted by atomic mass is 32.2. The summed E-state index contributed by atoms with van der Waals surface area (Å²) in [6.45, 7) is 11.5. The molecule has 1 aromatic carbocycles. The van der Waals surface area contributed by atoms with Crippen LogP contribution < -0.4 is 24.8 Å². The second-order valence-corrected chi connectivity index (χ2v) is 18.3. The number of methoxy groups -OCH3 is 2. The van der Waals surface area contributed by atoms with Gasteiger partial charge in [0.1, 0.15) is 22.9 Å². The highest BCUT2D eigenvalue weighted by Crippen LogP contribution is 2.39. The quantitative estimate of drug-likeness (QED) is 0.259. The van der Waals surface area contributed by atoms with Crippen molar-refractivity contribution in [1.29, 1.82) is 0 Å². The smallest absolute Gasteiger partial charge is 0.246 e. The molecule has 0 bridgehead atoms. The van der Waals surface area contributed by atoms with Gasteiger partial charge in [0.05, 0.1) is 20.0 Å². The Morgan fingerprint density at radius 3 is 2.33 bits per heavy atom. The van der Waals surface area contributed by atoms with Crippen LogP contribution in [0.15, 0.2) is 34.7 Å². The van der Waals surface area contributed by atoms with E-state index < -0.39 is 18.1 Å². The minimum absolute atomic E-state index is 0.107. The number of nitrogens with one attached hydrogen (secondary N) is 1. The van der Waals surface area contributed by atoms with Crippen molar-refractivity contribution in [3.05, 3.63) is 36.1 Å². The molecule has 0 fully saturated rings. The second kappa shape index (κ2) is 13.0. The third-order valence-electron chi connectivity index (χ3n) is 6.31. The highest BCUT2D eigenvalue weighted by molar-refractivity contribution is 7.92. The molecule has 1 atom stereocenters. The van der Waals surface area contributed by atoms with Crippen molar-refractivity contribution in [1.82, 2.24) is 20.1 Å². The fourth-order valence-corrected chi connectivity index (χ4v) is 6.50. The summed E-state index contributed by atoms with van der Waals surface area (Å²) in [5.74, 6) is 2.45. The molecule has 0 spiro atoms. The SMILES string of the molecule is COc1cccc(OC)c1-n1c(-c2ccc(C)o2)nnc1N(CC[Si](C)(C)C)S(=O)(=O)CCN[C@H](C)CCN. The third-order valence-corrected chi connectivity index (χ3v) is 9.77. The van der Waals surface area contributed by atoms with Crippen LogP contribution in [0.25, 0.3) is 17.3 Å². The zero-order valence-corrected chi connectivity index (χ0v) is 25.8. The minimum Gasteiger partial charge on any atom is -0.494 e. The number of nitrogens with two attached hydrogens (primary N) is 1. The molecule has 0 saturated carbocycles. The number of nitrogens with zero attached hydrogens (tertiary/aromatic N) is 4.